The fourth-order valence-electron chi connectivity index (χ4n) is 2.96. The zero-order valence-electron chi connectivity index (χ0n) is 13.7. The van der Waals surface area contributed by atoms with Gasteiger partial charge in [0.05, 0.1) is 11.3 Å². The molecule has 1 aliphatic heterocycles. The van der Waals surface area contributed by atoms with E-state index in [0.29, 0.717) is 16.6 Å². The number of nitrogens with zero attached hydrogens (tertiary/aromatic N) is 4. The van der Waals surface area contributed by atoms with Crippen molar-refractivity contribution in [1.29, 1.82) is 5.26 Å². The van der Waals surface area contributed by atoms with Crippen molar-refractivity contribution in [3.05, 3.63) is 46.9 Å². The second-order valence-corrected chi connectivity index (χ2v) is 6.36. The molecule has 1 N–H and O–H groups in total. The summed E-state index contributed by atoms with van der Waals surface area (Å²) in [5.41, 5.74) is 2.52. The highest BCUT2D eigenvalue weighted by Gasteiger charge is 2.21. The van der Waals surface area contributed by atoms with E-state index in [-0.39, 0.29) is 0 Å². The molecule has 6 heteroatoms. The van der Waals surface area contributed by atoms with Crippen LogP contribution in [0.4, 0.5) is 11.5 Å². The van der Waals surface area contributed by atoms with E-state index in [1.807, 2.05) is 6.07 Å². The number of aryl methyl sites for hydroxylation is 1. The summed E-state index contributed by atoms with van der Waals surface area (Å²) in [6.45, 7) is 3.96. The van der Waals surface area contributed by atoms with Crippen molar-refractivity contribution >= 4 is 23.1 Å². The zero-order valence-corrected chi connectivity index (χ0v) is 14.4. The minimum atomic E-state index is 0.333. The quantitative estimate of drug-likeness (QED) is 0.919. The Bertz CT molecular complexity index is 747. The number of nitrogens with one attached hydrogen (secondary N) is 1. The molecule has 1 aromatic heterocycles. The third-order valence-corrected chi connectivity index (χ3v) is 4.59. The van der Waals surface area contributed by atoms with E-state index in [1.165, 1.54) is 0 Å². The SMILES string of the molecule is CCc1cc(N2CCC(Nc3cc(Cl)ccc3C#N)CC2)ncn1. The van der Waals surface area contributed by atoms with Gasteiger partial charge in [0.1, 0.15) is 18.2 Å². The van der Waals surface area contributed by atoms with Gasteiger partial charge >= 0.3 is 0 Å². The Morgan fingerprint density at radius 1 is 1.29 bits per heavy atom. The third kappa shape index (κ3) is 3.77. The Kier molecular flexibility index (Phi) is 5.17. The fraction of sp³-hybridized carbons (Fsp3) is 0.389. The van der Waals surface area contributed by atoms with Gasteiger partial charge in [-0.3, -0.25) is 0 Å². The molecule has 1 fully saturated rings. The fourth-order valence-corrected chi connectivity index (χ4v) is 3.13. The van der Waals surface area contributed by atoms with Crippen LogP contribution in [0, 0.1) is 11.3 Å². The van der Waals surface area contributed by atoms with Crippen molar-refractivity contribution in [2.75, 3.05) is 23.3 Å². The lowest BCUT2D eigenvalue weighted by molar-refractivity contribution is 0.523. The van der Waals surface area contributed by atoms with Crippen LogP contribution in [0.25, 0.3) is 0 Å². The van der Waals surface area contributed by atoms with Crippen LogP contribution in [0.2, 0.25) is 5.02 Å². The number of nitriles is 1. The first-order chi connectivity index (χ1) is 11.7. The number of hydrogen-bond donors (Lipinski definition) is 1. The van der Waals surface area contributed by atoms with Gasteiger partial charge in [0.2, 0.25) is 0 Å². The van der Waals surface area contributed by atoms with E-state index in [1.54, 1.807) is 18.5 Å². The highest BCUT2D eigenvalue weighted by Crippen LogP contribution is 2.25. The molecule has 2 heterocycles. The Labute approximate surface area is 147 Å². The van der Waals surface area contributed by atoms with Crippen molar-refractivity contribution in [2.45, 2.75) is 32.2 Å². The number of aromatic nitrogens is 2. The standard InChI is InChI=1S/C18H20ClN5/c1-2-15-10-18(22-12-21-15)24-7-5-16(6-8-24)23-17-9-14(19)4-3-13(17)11-20/h3-4,9-10,12,16,23H,2,5-8H2,1H3. The van der Waals surface area contributed by atoms with Crippen molar-refractivity contribution in [2.24, 2.45) is 0 Å². The first-order valence-corrected chi connectivity index (χ1v) is 8.59. The maximum atomic E-state index is 9.22. The van der Waals surface area contributed by atoms with E-state index in [9.17, 15) is 5.26 Å². The monoisotopic (exact) mass is 341 g/mol. The summed E-state index contributed by atoms with van der Waals surface area (Å²) in [6.07, 6.45) is 4.54. The van der Waals surface area contributed by atoms with Crippen molar-refractivity contribution in [3.63, 3.8) is 0 Å². The van der Waals surface area contributed by atoms with Crippen molar-refractivity contribution in [3.8, 4) is 6.07 Å². The van der Waals surface area contributed by atoms with Crippen LogP contribution in [0.15, 0.2) is 30.6 Å². The molecule has 0 amide bonds. The average Bonchev–Trinajstić information content (AvgIpc) is 2.62. The maximum Gasteiger partial charge on any atom is 0.132 e. The van der Waals surface area contributed by atoms with Gasteiger partial charge in [-0.1, -0.05) is 18.5 Å². The Morgan fingerprint density at radius 2 is 2.08 bits per heavy atom. The molecule has 0 unspecified atom stereocenters. The molecular formula is C18H20ClN5. The first kappa shape index (κ1) is 16.5. The van der Waals surface area contributed by atoms with Crippen molar-refractivity contribution < 1.29 is 0 Å². The highest BCUT2D eigenvalue weighted by atomic mass is 35.5. The van der Waals surface area contributed by atoms with Gasteiger partial charge < -0.3 is 10.2 Å². The summed E-state index contributed by atoms with van der Waals surface area (Å²) >= 11 is 6.05. The molecule has 0 radical (unpaired) electrons. The van der Waals surface area contributed by atoms with Gasteiger partial charge in [-0.25, -0.2) is 9.97 Å². The summed E-state index contributed by atoms with van der Waals surface area (Å²) in [5.74, 6) is 1.00. The molecule has 0 atom stereocenters. The predicted octanol–water partition coefficient (Wildman–Crippen LogP) is 3.64. The summed E-state index contributed by atoms with van der Waals surface area (Å²) in [4.78, 5) is 10.9. The lowest BCUT2D eigenvalue weighted by Gasteiger charge is -2.33. The zero-order chi connectivity index (χ0) is 16.9. The van der Waals surface area contributed by atoms with Crippen LogP contribution < -0.4 is 10.2 Å². The smallest absolute Gasteiger partial charge is 0.132 e. The minimum absolute atomic E-state index is 0.333. The molecule has 124 valence electrons. The second-order valence-electron chi connectivity index (χ2n) is 5.93. The Balaban J connectivity index is 1.63. The molecule has 3 rings (SSSR count). The molecule has 2 aromatic rings. The second kappa shape index (κ2) is 7.50. The Hall–Kier alpha value is -2.32. The molecule has 0 saturated carbocycles. The first-order valence-electron chi connectivity index (χ1n) is 8.21. The molecule has 0 spiro atoms. The van der Waals surface area contributed by atoms with Gasteiger partial charge in [0.15, 0.2) is 0 Å². The largest absolute Gasteiger partial charge is 0.381 e. The van der Waals surface area contributed by atoms with Gasteiger partial charge in [-0.05, 0) is 37.5 Å². The minimum Gasteiger partial charge on any atom is -0.381 e. The highest BCUT2D eigenvalue weighted by molar-refractivity contribution is 6.30. The van der Waals surface area contributed by atoms with Crippen LogP contribution in [-0.2, 0) is 6.42 Å². The number of piperidine rings is 1. The molecule has 1 saturated heterocycles. The van der Waals surface area contributed by atoms with Crippen LogP contribution in [0.1, 0.15) is 31.0 Å². The van der Waals surface area contributed by atoms with Gasteiger partial charge in [-0.2, -0.15) is 5.26 Å². The summed E-state index contributed by atoms with van der Waals surface area (Å²) in [6, 6.07) is 9.94. The van der Waals surface area contributed by atoms with Crippen LogP contribution >= 0.6 is 11.6 Å². The van der Waals surface area contributed by atoms with Crippen LogP contribution in [0.3, 0.4) is 0 Å². The van der Waals surface area contributed by atoms with E-state index in [4.69, 9.17) is 11.6 Å². The molecule has 0 bridgehead atoms. The predicted molar refractivity (Wildman–Crippen MR) is 96.4 cm³/mol. The van der Waals surface area contributed by atoms with Crippen LogP contribution in [0.5, 0.6) is 0 Å². The number of benzene rings is 1. The summed E-state index contributed by atoms with van der Waals surface area (Å²) in [5, 5.41) is 13.3. The van der Waals surface area contributed by atoms with Gasteiger partial charge in [-0.15, -0.1) is 0 Å². The van der Waals surface area contributed by atoms with E-state index in [2.05, 4.69) is 39.2 Å². The number of anilines is 2. The third-order valence-electron chi connectivity index (χ3n) is 4.35. The van der Waals surface area contributed by atoms with Gasteiger partial charge in [0.25, 0.3) is 0 Å². The molecule has 24 heavy (non-hydrogen) atoms. The number of hydrogen-bond acceptors (Lipinski definition) is 5. The maximum absolute atomic E-state index is 9.22. The molecule has 1 aromatic carbocycles. The van der Waals surface area contributed by atoms with Gasteiger partial charge in [0, 0.05) is 35.9 Å². The molecule has 5 nitrogen and oxygen atoms in total. The van der Waals surface area contributed by atoms with E-state index < -0.39 is 0 Å². The lowest BCUT2D eigenvalue weighted by atomic mass is 10.0. The van der Waals surface area contributed by atoms with Crippen molar-refractivity contribution in [1.82, 2.24) is 9.97 Å². The molecular weight excluding hydrogens is 322 g/mol. The average molecular weight is 342 g/mol. The van der Waals surface area contributed by atoms with Crippen LogP contribution in [-0.4, -0.2) is 29.1 Å². The lowest BCUT2D eigenvalue weighted by Crippen LogP contribution is -2.39. The molecule has 1 aliphatic rings. The summed E-state index contributed by atoms with van der Waals surface area (Å²) in [7, 11) is 0. The number of rotatable bonds is 4. The molecule has 0 aliphatic carbocycles. The Morgan fingerprint density at radius 3 is 2.79 bits per heavy atom. The topological polar surface area (TPSA) is 64.8 Å². The van der Waals surface area contributed by atoms with E-state index in [0.717, 1.165) is 49.6 Å². The normalized spacial score (nSPS) is 15.1. The van der Waals surface area contributed by atoms with E-state index >= 15 is 0 Å². The summed E-state index contributed by atoms with van der Waals surface area (Å²) < 4.78 is 0. The number of halogens is 1.